The van der Waals surface area contributed by atoms with E-state index in [0.717, 1.165) is 3.57 Å². The smallest absolute Gasteiger partial charge is 0.251 e. The van der Waals surface area contributed by atoms with Gasteiger partial charge in [0.15, 0.2) is 0 Å². The van der Waals surface area contributed by atoms with Gasteiger partial charge in [0, 0.05) is 21.7 Å². The summed E-state index contributed by atoms with van der Waals surface area (Å²) in [7, 11) is 0. The molecular weight excluding hydrogens is 326 g/mol. The summed E-state index contributed by atoms with van der Waals surface area (Å²) in [5, 5.41) is 3.35. The summed E-state index contributed by atoms with van der Waals surface area (Å²) in [6.07, 6.45) is 0. The van der Waals surface area contributed by atoms with Crippen molar-refractivity contribution in [2.75, 3.05) is 6.54 Å². The van der Waals surface area contributed by atoms with Crippen LogP contribution in [0.3, 0.4) is 0 Å². The summed E-state index contributed by atoms with van der Waals surface area (Å²) in [5.74, 6) is -0.147. The highest BCUT2D eigenvalue weighted by Crippen LogP contribution is 2.19. The first-order chi connectivity index (χ1) is 7.04. The Hall–Kier alpha value is -0.330. The van der Waals surface area contributed by atoms with E-state index in [1.54, 1.807) is 12.1 Å². The number of nitrogens with one attached hydrogen (secondary N) is 1. The SMILES string of the molecule is C[C@@H](CN)NC(=O)c1ccc(I)c(Cl)c1. The number of amides is 1. The first-order valence-corrected chi connectivity index (χ1v) is 5.96. The maximum absolute atomic E-state index is 11.6. The molecule has 5 heteroatoms. The molecule has 0 aromatic heterocycles. The average molecular weight is 339 g/mol. The third kappa shape index (κ3) is 3.62. The van der Waals surface area contributed by atoms with Crippen LogP contribution < -0.4 is 11.1 Å². The van der Waals surface area contributed by atoms with E-state index >= 15 is 0 Å². The Balaban J connectivity index is 2.78. The van der Waals surface area contributed by atoms with Gasteiger partial charge in [-0.05, 0) is 47.7 Å². The number of nitrogens with two attached hydrogens (primary N) is 1. The molecule has 1 rings (SSSR count). The molecule has 0 saturated heterocycles. The molecule has 0 unspecified atom stereocenters. The zero-order valence-electron chi connectivity index (χ0n) is 8.26. The standard InChI is InChI=1S/C10H12ClIN2O/c1-6(5-13)14-10(15)7-2-3-9(12)8(11)4-7/h2-4,6H,5,13H2,1H3,(H,14,15)/t6-/m0/s1. The molecule has 1 amide bonds. The lowest BCUT2D eigenvalue weighted by molar-refractivity contribution is 0.0941. The van der Waals surface area contributed by atoms with Crippen LogP contribution in [0, 0.1) is 3.57 Å². The van der Waals surface area contributed by atoms with Crippen LogP contribution in [0.2, 0.25) is 5.02 Å². The van der Waals surface area contributed by atoms with Gasteiger partial charge in [0.1, 0.15) is 0 Å². The van der Waals surface area contributed by atoms with Crippen LogP contribution in [0.15, 0.2) is 18.2 Å². The van der Waals surface area contributed by atoms with Gasteiger partial charge in [-0.25, -0.2) is 0 Å². The second kappa shape index (κ2) is 5.67. The van der Waals surface area contributed by atoms with E-state index < -0.39 is 0 Å². The minimum absolute atomic E-state index is 0.0319. The maximum Gasteiger partial charge on any atom is 0.251 e. The number of benzene rings is 1. The number of rotatable bonds is 3. The molecule has 0 heterocycles. The molecule has 1 aromatic rings. The molecule has 0 aliphatic heterocycles. The van der Waals surface area contributed by atoms with E-state index in [0.29, 0.717) is 17.1 Å². The minimum atomic E-state index is -0.147. The van der Waals surface area contributed by atoms with Crippen molar-refractivity contribution in [3.8, 4) is 0 Å². The highest BCUT2D eigenvalue weighted by molar-refractivity contribution is 14.1. The van der Waals surface area contributed by atoms with Crippen LogP contribution in [0.25, 0.3) is 0 Å². The van der Waals surface area contributed by atoms with Gasteiger partial charge in [0.05, 0.1) is 5.02 Å². The van der Waals surface area contributed by atoms with Gasteiger partial charge in [0.25, 0.3) is 5.91 Å². The second-order valence-electron chi connectivity index (χ2n) is 3.24. The van der Waals surface area contributed by atoms with Gasteiger partial charge in [-0.2, -0.15) is 0 Å². The molecule has 15 heavy (non-hydrogen) atoms. The number of halogens is 2. The molecule has 0 fully saturated rings. The third-order valence-corrected chi connectivity index (χ3v) is 3.49. The van der Waals surface area contributed by atoms with E-state index in [1.807, 2.05) is 13.0 Å². The predicted octanol–water partition coefficient (Wildman–Crippen LogP) is 2.02. The van der Waals surface area contributed by atoms with E-state index in [4.69, 9.17) is 17.3 Å². The van der Waals surface area contributed by atoms with Gasteiger partial charge in [-0.1, -0.05) is 11.6 Å². The van der Waals surface area contributed by atoms with E-state index in [2.05, 4.69) is 27.9 Å². The normalized spacial score (nSPS) is 12.3. The van der Waals surface area contributed by atoms with Crippen LogP contribution in [0.4, 0.5) is 0 Å². The molecule has 0 spiro atoms. The zero-order valence-corrected chi connectivity index (χ0v) is 11.2. The first-order valence-electron chi connectivity index (χ1n) is 4.50. The second-order valence-corrected chi connectivity index (χ2v) is 4.81. The number of carbonyl (C=O) groups excluding carboxylic acids is 1. The van der Waals surface area contributed by atoms with Crippen molar-refractivity contribution in [1.29, 1.82) is 0 Å². The van der Waals surface area contributed by atoms with Crippen LogP contribution in [-0.4, -0.2) is 18.5 Å². The molecule has 1 atom stereocenters. The zero-order chi connectivity index (χ0) is 11.4. The van der Waals surface area contributed by atoms with Gasteiger partial charge < -0.3 is 11.1 Å². The van der Waals surface area contributed by atoms with E-state index in [9.17, 15) is 4.79 Å². The summed E-state index contributed by atoms with van der Waals surface area (Å²) in [6, 6.07) is 5.18. The molecule has 1 aromatic carbocycles. The molecule has 3 nitrogen and oxygen atoms in total. The maximum atomic E-state index is 11.6. The third-order valence-electron chi connectivity index (χ3n) is 1.91. The predicted molar refractivity (Wildman–Crippen MR) is 70.2 cm³/mol. The number of hydrogen-bond acceptors (Lipinski definition) is 2. The van der Waals surface area contributed by atoms with Gasteiger partial charge in [0.2, 0.25) is 0 Å². The molecule has 0 radical (unpaired) electrons. The summed E-state index contributed by atoms with van der Waals surface area (Å²) in [6.45, 7) is 2.27. The quantitative estimate of drug-likeness (QED) is 0.829. The number of carbonyl (C=O) groups is 1. The van der Waals surface area contributed by atoms with Gasteiger partial charge in [-0.3, -0.25) is 4.79 Å². The number of hydrogen-bond donors (Lipinski definition) is 2. The summed E-state index contributed by atoms with van der Waals surface area (Å²) >= 11 is 8.03. The molecule has 0 bridgehead atoms. The van der Waals surface area contributed by atoms with Crippen molar-refractivity contribution >= 4 is 40.1 Å². The van der Waals surface area contributed by atoms with E-state index in [-0.39, 0.29) is 11.9 Å². The Bertz CT molecular complexity index is 370. The molecule has 0 aliphatic carbocycles. The fourth-order valence-electron chi connectivity index (χ4n) is 1.00. The summed E-state index contributed by atoms with van der Waals surface area (Å²) < 4.78 is 0.928. The topological polar surface area (TPSA) is 55.1 Å². The largest absolute Gasteiger partial charge is 0.348 e. The monoisotopic (exact) mass is 338 g/mol. The summed E-state index contributed by atoms with van der Waals surface area (Å²) in [5.41, 5.74) is 5.97. The Morgan fingerprint density at radius 3 is 2.87 bits per heavy atom. The van der Waals surface area contributed by atoms with Crippen molar-refractivity contribution < 1.29 is 4.79 Å². The van der Waals surface area contributed by atoms with Crippen LogP contribution in [0.1, 0.15) is 17.3 Å². The van der Waals surface area contributed by atoms with Gasteiger partial charge in [-0.15, -0.1) is 0 Å². The highest BCUT2D eigenvalue weighted by atomic mass is 127. The lowest BCUT2D eigenvalue weighted by atomic mass is 10.2. The Kier molecular flexibility index (Phi) is 4.82. The molecule has 0 saturated carbocycles. The molecule has 82 valence electrons. The molecule has 3 N–H and O–H groups in total. The fourth-order valence-corrected chi connectivity index (χ4v) is 1.52. The lowest BCUT2D eigenvalue weighted by Crippen LogP contribution is -2.37. The Morgan fingerprint density at radius 1 is 1.67 bits per heavy atom. The summed E-state index contributed by atoms with van der Waals surface area (Å²) in [4.78, 5) is 11.6. The van der Waals surface area contributed by atoms with E-state index in [1.165, 1.54) is 0 Å². The van der Waals surface area contributed by atoms with Crippen molar-refractivity contribution in [3.63, 3.8) is 0 Å². The van der Waals surface area contributed by atoms with Crippen molar-refractivity contribution in [1.82, 2.24) is 5.32 Å². The average Bonchev–Trinajstić information content (AvgIpc) is 2.21. The fraction of sp³-hybridized carbons (Fsp3) is 0.300. The first kappa shape index (κ1) is 12.7. The lowest BCUT2D eigenvalue weighted by Gasteiger charge is -2.11. The molecular formula is C10H12ClIN2O. The minimum Gasteiger partial charge on any atom is -0.348 e. The van der Waals surface area contributed by atoms with Crippen LogP contribution in [0.5, 0.6) is 0 Å². The highest BCUT2D eigenvalue weighted by Gasteiger charge is 2.09. The van der Waals surface area contributed by atoms with Gasteiger partial charge >= 0.3 is 0 Å². The molecule has 0 aliphatic rings. The Labute approximate surface area is 108 Å². The van der Waals surface area contributed by atoms with Crippen molar-refractivity contribution in [2.45, 2.75) is 13.0 Å². The van der Waals surface area contributed by atoms with Crippen LogP contribution in [-0.2, 0) is 0 Å². The van der Waals surface area contributed by atoms with Crippen molar-refractivity contribution in [2.24, 2.45) is 5.73 Å². The van der Waals surface area contributed by atoms with Crippen molar-refractivity contribution in [3.05, 3.63) is 32.4 Å². The van der Waals surface area contributed by atoms with Crippen LogP contribution >= 0.6 is 34.2 Å². The Morgan fingerprint density at radius 2 is 2.33 bits per heavy atom.